The van der Waals surface area contributed by atoms with Crippen LogP contribution >= 0.6 is 11.6 Å². The van der Waals surface area contributed by atoms with Gasteiger partial charge in [0.2, 0.25) is 5.75 Å². The van der Waals surface area contributed by atoms with Gasteiger partial charge < -0.3 is 9.47 Å². The first-order valence-electron chi connectivity index (χ1n) is 5.82. The van der Waals surface area contributed by atoms with Crippen molar-refractivity contribution in [2.45, 2.75) is 0 Å². The number of nitro benzene ring substituents is 1. The van der Waals surface area contributed by atoms with Gasteiger partial charge in [-0.05, 0) is 24.3 Å². The van der Waals surface area contributed by atoms with E-state index in [4.69, 9.17) is 21.1 Å². The van der Waals surface area contributed by atoms with E-state index in [2.05, 4.69) is 0 Å². The van der Waals surface area contributed by atoms with Gasteiger partial charge in [0, 0.05) is 0 Å². The molecule has 2 rings (SSSR count). The number of carbonyl (C=O) groups is 1. The van der Waals surface area contributed by atoms with E-state index >= 15 is 0 Å². The number of hydrogen-bond donors (Lipinski definition) is 0. The second-order valence-corrected chi connectivity index (χ2v) is 4.37. The summed E-state index contributed by atoms with van der Waals surface area (Å²) in [7, 11) is 1.38. The number of methoxy groups -OCH3 is 1. The monoisotopic (exact) mass is 307 g/mol. The minimum atomic E-state index is -0.770. The highest BCUT2D eigenvalue weighted by atomic mass is 35.5. The van der Waals surface area contributed by atoms with Crippen molar-refractivity contribution in [1.29, 1.82) is 0 Å². The summed E-state index contributed by atoms with van der Waals surface area (Å²) < 4.78 is 9.96. The molecule has 0 bridgehead atoms. The second kappa shape index (κ2) is 6.23. The highest BCUT2D eigenvalue weighted by molar-refractivity contribution is 6.33. The molecule has 0 saturated heterocycles. The van der Waals surface area contributed by atoms with E-state index in [0.717, 1.165) is 0 Å². The summed E-state index contributed by atoms with van der Waals surface area (Å²) in [5.74, 6) is -0.654. The lowest BCUT2D eigenvalue weighted by Gasteiger charge is -2.07. The van der Waals surface area contributed by atoms with Crippen LogP contribution in [0.1, 0.15) is 10.4 Å². The SMILES string of the molecule is COc1ccc(OC(=O)c2ccccc2Cl)c([N+](=O)[O-])c1. The van der Waals surface area contributed by atoms with Gasteiger partial charge in [0.15, 0.2) is 0 Å². The first-order chi connectivity index (χ1) is 10.0. The lowest BCUT2D eigenvalue weighted by molar-refractivity contribution is -0.385. The van der Waals surface area contributed by atoms with Crippen molar-refractivity contribution < 1.29 is 19.2 Å². The number of carbonyl (C=O) groups excluding carboxylic acids is 1. The zero-order valence-corrected chi connectivity index (χ0v) is 11.7. The third kappa shape index (κ3) is 3.29. The molecular formula is C14H10ClNO5. The minimum absolute atomic E-state index is 0.129. The molecule has 0 spiro atoms. The zero-order chi connectivity index (χ0) is 15.4. The van der Waals surface area contributed by atoms with Gasteiger partial charge in [-0.3, -0.25) is 10.1 Å². The van der Waals surface area contributed by atoms with Crippen LogP contribution in [0.5, 0.6) is 11.5 Å². The number of benzene rings is 2. The second-order valence-electron chi connectivity index (χ2n) is 3.96. The van der Waals surface area contributed by atoms with Crippen molar-refractivity contribution in [3.8, 4) is 11.5 Å². The van der Waals surface area contributed by atoms with E-state index in [1.807, 2.05) is 0 Å². The molecule has 0 unspecified atom stereocenters. The van der Waals surface area contributed by atoms with Gasteiger partial charge >= 0.3 is 11.7 Å². The van der Waals surface area contributed by atoms with E-state index in [9.17, 15) is 14.9 Å². The van der Waals surface area contributed by atoms with Crippen LogP contribution in [0, 0.1) is 10.1 Å². The molecule has 108 valence electrons. The predicted molar refractivity (Wildman–Crippen MR) is 76.1 cm³/mol. The summed E-state index contributed by atoms with van der Waals surface area (Å²) in [5, 5.41) is 11.2. The fourth-order valence-electron chi connectivity index (χ4n) is 1.63. The third-order valence-electron chi connectivity index (χ3n) is 2.66. The number of rotatable bonds is 4. The van der Waals surface area contributed by atoms with Gasteiger partial charge in [0.05, 0.1) is 28.7 Å². The smallest absolute Gasteiger partial charge is 0.345 e. The topological polar surface area (TPSA) is 78.7 Å². The predicted octanol–water partition coefficient (Wildman–Crippen LogP) is 3.48. The summed E-state index contributed by atoms with van der Waals surface area (Å²) in [4.78, 5) is 22.4. The lowest BCUT2D eigenvalue weighted by atomic mass is 10.2. The Bertz CT molecular complexity index is 702. The van der Waals surface area contributed by atoms with E-state index < -0.39 is 10.9 Å². The molecule has 0 aliphatic rings. The van der Waals surface area contributed by atoms with Crippen LogP contribution in [0.3, 0.4) is 0 Å². The van der Waals surface area contributed by atoms with Crippen molar-refractivity contribution in [1.82, 2.24) is 0 Å². The molecule has 0 atom stereocenters. The molecule has 0 saturated carbocycles. The number of halogens is 1. The first kappa shape index (κ1) is 14.8. The van der Waals surface area contributed by atoms with Crippen LogP contribution in [-0.2, 0) is 0 Å². The van der Waals surface area contributed by atoms with E-state index in [-0.39, 0.29) is 22.0 Å². The fraction of sp³-hybridized carbons (Fsp3) is 0.0714. The van der Waals surface area contributed by atoms with Crippen molar-refractivity contribution in [2.24, 2.45) is 0 Å². The molecule has 0 radical (unpaired) electrons. The molecule has 7 heteroatoms. The van der Waals surface area contributed by atoms with Crippen LogP contribution in [0.25, 0.3) is 0 Å². The lowest BCUT2D eigenvalue weighted by Crippen LogP contribution is -2.10. The van der Waals surface area contributed by atoms with Gasteiger partial charge in [-0.25, -0.2) is 4.79 Å². The summed E-state index contributed by atoms with van der Waals surface area (Å²) in [6, 6.07) is 10.2. The van der Waals surface area contributed by atoms with Crippen LogP contribution in [0.15, 0.2) is 42.5 Å². The maximum absolute atomic E-state index is 12.0. The van der Waals surface area contributed by atoms with Crippen LogP contribution < -0.4 is 9.47 Å². The third-order valence-corrected chi connectivity index (χ3v) is 2.99. The standard InChI is InChI=1S/C14H10ClNO5/c1-20-9-6-7-13(12(8-9)16(18)19)21-14(17)10-4-2-3-5-11(10)15/h2-8H,1H3. The van der Waals surface area contributed by atoms with Crippen LogP contribution in [0.2, 0.25) is 5.02 Å². The molecule has 21 heavy (non-hydrogen) atoms. The highest BCUT2D eigenvalue weighted by Crippen LogP contribution is 2.32. The van der Waals surface area contributed by atoms with E-state index in [0.29, 0.717) is 5.75 Å². The molecule has 0 fully saturated rings. The Morgan fingerprint density at radius 3 is 2.57 bits per heavy atom. The summed E-state index contributed by atoms with van der Waals surface area (Å²) >= 11 is 5.88. The number of hydrogen-bond acceptors (Lipinski definition) is 5. The van der Waals surface area contributed by atoms with E-state index in [1.54, 1.807) is 12.1 Å². The van der Waals surface area contributed by atoms with E-state index in [1.165, 1.54) is 37.4 Å². The molecule has 0 N–H and O–H groups in total. The Kier molecular flexibility index (Phi) is 4.39. The summed E-state index contributed by atoms with van der Waals surface area (Å²) in [6.45, 7) is 0. The molecule has 2 aromatic carbocycles. The van der Waals surface area contributed by atoms with Gasteiger partial charge in [-0.2, -0.15) is 0 Å². The Balaban J connectivity index is 2.33. The van der Waals surface area contributed by atoms with Gasteiger partial charge in [-0.1, -0.05) is 23.7 Å². The van der Waals surface area contributed by atoms with Crippen LogP contribution in [-0.4, -0.2) is 18.0 Å². The molecule has 2 aromatic rings. The maximum atomic E-state index is 12.0. The van der Waals surface area contributed by atoms with Crippen LogP contribution in [0.4, 0.5) is 5.69 Å². The summed E-state index contributed by atoms with van der Waals surface area (Å²) in [6.07, 6.45) is 0. The van der Waals surface area contributed by atoms with Crippen molar-refractivity contribution in [3.63, 3.8) is 0 Å². The van der Waals surface area contributed by atoms with Crippen molar-refractivity contribution in [2.75, 3.05) is 7.11 Å². The first-order valence-corrected chi connectivity index (χ1v) is 6.20. The quantitative estimate of drug-likeness (QED) is 0.374. The molecular weight excluding hydrogens is 298 g/mol. The minimum Gasteiger partial charge on any atom is -0.496 e. The number of nitro groups is 1. The average Bonchev–Trinajstić information content (AvgIpc) is 2.47. The number of ether oxygens (including phenoxy) is 2. The van der Waals surface area contributed by atoms with Crippen molar-refractivity contribution >= 4 is 23.3 Å². The largest absolute Gasteiger partial charge is 0.496 e. The normalized spacial score (nSPS) is 10.0. The molecule has 0 amide bonds. The van der Waals surface area contributed by atoms with Gasteiger partial charge in [0.25, 0.3) is 0 Å². The van der Waals surface area contributed by atoms with Gasteiger partial charge in [0.1, 0.15) is 5.75 Å². The highest BCUT2D eigenvalue weighted by Gasteiger charge is 2.21. The molecule has 0 heterocycles. The average molecular weight is 308 g/mol. The Labute approximate surface area is 125 Å². The molecule has 0 aliphatic carbocycles. The van der Waals surface area contributed by atoms with Gasteiger partial charge in [-0.15, -0.1) is 0 Å². The Morgan fingerprint density at radius 1 is 1.24 bits per heavy atom. The Hall–Kier alpha value is -2.60. The molecule has 6 nitrogen and oxygen atoms in total. The zero-order valence-electron chi connectivity index (χ0n) is 10.9. The maximum Gasteiger partial charge on any atom is 0.345 e. The molecule has 0 aliphatic heterocycles. The van der Waals surface area contributed by atoms with Crippen molar-refractivity contribution in [3.05, 3.63) is 63.2 Å². The Morgan fingerprint density at radius 2 is 1.95 bits per heavy atom. The number of nitrogens with zero attached hydrogens (tertiary/aromatic N) is 1. The number of esters is 1. The summed E-state index contributed by atoms with van der Waals surface area (Å²) in [5.41, 5.74) is -0.237. The molecule has 0 aromatic heterocycles. The fourth-order valence-corrected chi connectivity index (χ4v) is 1.85.